The molecule has 1 aliphatic heterocycles. The number of ether oxygens (including phenoxy) is 1. The second-order valence-electron chi connectivity index (χ2n) is 8.33. The largest absolute Gasteiger partial charge is 0.462 e. The zero-order valence-electron chi connectivity index (χ0n) is 18.3. The topological polar surface area (TPSA) is 46.6 Å². The summed E-state index contributed by atoms with van der Waals surface area (Å²) in [4.78, 5) is 27.6. The van der Waals surface area contributed by atoms with Crippen LogP contribution in [0, 0.1) is 5.92 Å². The van der Waals surface area contributed by atoms with Crippen LogP contribution in [0.25, 0.3) is 0 Å². The molecule has 0 fully saturated rings. The molecule has 0 saturated carbocycles. The van der Waals surface area contributed by atoms with Crippen LogP contribution in [0.1, 0.15) is 49.8 Å². The first kappa shape index (κ1) is 23.6. The third-order valence-electron chi connectivity index (χ3n) is 5.41. The molecule has 0 unspecified atom stereocenters. The molecule has 170 valence electrons. The Morgan fingerprint density at radius 3 is 2.28 bits per heavy atom. The first-order chi connectivity index (χ1) is 15.1. The monoisotopic (exact) mass is 445 g/mol. The van der Waals surface area contributed by atoms with Crippen molar-refractivity contribution in [2.24, 2.45) is 5.92 Å². The predicted molar refractivity (Wildman–Crippen MR) is 114 cm³/mol. The first-order valence-electron chi connectivity index (χ1n) is 10.5. The van der Waals surface area contributed by atoms with E-state index in [0.29, 0.717) is 23.4 Å². The second-order valence-corrected chi connectivity index (χ2v) is 8.33. The molecule has 1 atom stereocenters. The lowest BCUT2D eigenvalue weighted by atomic mass is 9.83. The van der Waals surface area contributed by atoms with Gasteiger partial charge in [0.1, 0.15) is 0 Å². The molecule has 32 heavy (non-hydrogen) atoms. The van der Waals surface area contributed by atoms with Gasteiger partial charge in [-0.3, -0.25) is 4.79 Å². The van der Waals surface area contributed by atoms with Crippen molar-refractivity contribution in [3.63, 3.8) is 0 Å². The lowest BCUT2D eigenvalue weighted by Gasteiger charge is -2.34. The second kappa shape index (κ2) is 9.59. The van der Waals surface area contributed by atoms with Crippen molar-refractivity contribution in [3.05, 3.63) is 82.6 Å². The van der Waals surface area contributed by atoms with E-state index in [2.05, 4.69) is 0 Å². The summed E-state index contributed by atoms with van der Waals surface area (Å²) in [5.74, 6) is -1.30. The van der Waals surface area contributed by atoms with Gasteiger partial charge in [-0.25, -0.2) is 4.79 Å². The molecule has 0 aromatic heterocycles. The van der Waals surface area contributed by atoms with E-state index in [1.165, 1.54) is 12.1 Å². The number of nitrogens with zero attached hydrogens (tertiary/aromatic N) is 1. The molecular formula is C25H26F3NO3. The van der Waals surface area contributed by atoms with Gasteiger partial charge in [0.2, 0.25) is 5.91 Å². The number of rotatable bonds is 6. The number of hydrogen-bond donors (Lipinski definition) is 0. The van der Waals surface area contributed by atoms with Crippen LogP contribution in [0.3, 0.4) is 0 Å². The summed E-state index contributed by atoms with van der Waals surface area (Å²) < 4.78 is 44.4. The maximum absolute atomic E-state index is 13.0. The summed E-state index contributed by atoms with van der Waals surface area (Å²) in [6.45, 7) is 6.01. The van der Waals surface area contributed by atoms with Gasteiger partial charge in [-0.05, 0) is 36.1 Å². The van der Waals surface area contributed by atoms with Crippen molar-refractivity contribution in [1.82, 2.24) is 4.90 Å². The highest BCUT2D eigenvalue weighted by Gasteiger charge is 2.37. The highest BCUT2D eigenvalue weighted by molar-refractivity contribution is 5.95. The van der Waals surface area contributed by atoms with Crippen molar-refractivity contribution < 1.29 is 27.5 Å². The maximum Gasteiger partial charge on any atom is 0.416 e. The molecule has 3 rings (SSSR count). The van der Waals surface area contributed by atoms with E-state index in [9.17, 15) is 22.8 Å². The van der Waals surface area contributed by atoms with Crippen LogP contribution >= 0.6 is 0 Å². The predicted octanol–water partition coefficient (Wildman–Crippen LogP) is 5.69. The molecule has 1 amide bonds. The van der Waals surface area contributed by atoms with E-state index in [-0.39, 0.29) is 24.9 Å². The summed E-state index contributed by atoms with van der Waals surface area (Å²) in [6.07, 6.45) is -4.49. The van der Waals surface area contributed by atoms with Crippen LogP contribution in [-0.4, -0.2) is 23.4 Å². The van der Waals surface area contributed by atoms with Crippen LogP contribution in [0.15, 0.2) is 65.9 Å². The van der Waals surface area contributed by atoms with E-state index < -0.39 is 23.6 Å². The number of alkyl halides is 3. The Morgan fingerprint density at radius 2 is 1.72 bits per heavy atom. The molecule has 4 nitrogen and oxygen atoms in total. The number of hydrogen-bond acceptors (Lipinski definition) is 3. The Hall–Kier alpha value is -3.09. The number of carbonyl (C=O) groups is 2. The molecule has 0 aliphatic carbocycles. The summed E-state index contributed by atoms with van der Waals surface area (Å²) in [5.41, 5.74) is 1.37. The van der Waals surface area contributed by atoms with Gasteiger partial charge in [0, 0.05) is 18.0 Å². The third-order valence-corrected chi connectivity index (χ3v) is 5.41. The van der Waals surface area contributed by atoms with Gasteiger partial charge in [0.05, 0.1) is 24.3 Å². The van der Waals surface area contributed by atoms with Gasteiger partial charge in [-0.2, -0.15) is 13.2 Å². The molecule has 0 radical (unpaired) electrons. The van der Waals surface area contributed by atoms with Gasteiger partial charge in [-0.1, -0.05) is 56.3 Å². The Balaban J connectivity index is 2.00. The van der Waals surface area contributed by atoms with Crippen molar-refractivity contribution in [2.75, 3.05) is 6.61 Å². The minimum absolute atomic E-state index is 0.0261. The number of amides is 1. The fourth-order valence-electron chi connectivity index (χ4n) is 3.74. The van der Waals surface area contributed by atoms with Crippen LogP contribution in [0.5, 0.6) is 0 Å². The molecular weight excluding hydrogens is 419 g/mol. The average molecular weight is 445 g/mol. The molecule has 0 bridgehead atoms. The van der Waals surface area contributed by atoms with E-state index >= 15 is 0 Å². The lowest BCUT2D eigenvalue weighted by Crippen LogP contribution is -2.38. The van der Waals surface area contributed by atoms with Gasteiger partial charge in [0.25, 0.3) is 0 Å². The van der Waals surface area contributed by atoms with E-state index in [1.54, 1.807) is 11.8 Å². The first-order valence-corrected chi connectivity index (χ1v) is 10.5. The van der Waals surface area contributed by atoms with Gasteiger partial charge >= 0.3 is 12.1 Å². The highest BCUT2D eigenvalue weighted by Crippen LogP contribution is 2.39. The molecule has 0 spiro atoms. The van der Waals surface area contributed by atoms with Gasteiger partial charge < -0.3 is 9.64 Å². The summed E-state index contributed by atoms with van der Waals surface area (Å²) in [5, 5.41) is 0. The summed E-state index contributed by atoms with van der Waals surface area (Å²) >= 11 is 0. The number of esters is 1. The molecule has 2 aromatic carbocycles. The smallest absolute Gasteiger partial charge is 0.416 e. The van der Waals surface area contributed by atoms with E-state index in [0.717, 1.165) is 17.7 Å². The fourth-order valence-corrected chi connectivity index (χ4v) is 3.74. The van der Waals surface area contributed by atoms with E-state index in [4.69, 9.17) is 4.74 Å². The Morgan fingerprint density at radius 1 is 1.09 bits per heavy atom. The SMILES string of the molecule is CC1=C(C(=O)OCC(C)C)[C@@H](c2ccc(C(F)(F)F)cc2)CC(=O)N1Cc1ccccc1. The average Bonchev–Trinajstić information content (AvgIpc) is 2.75. The van der Waals surface area contributed by atoms with Crippen molar-refractivity contribution >= 4 is 11.9 Å². The number of carbonyl (C=O) groups excluding carboxylic acids is 2. The molecule has 0 saturated heterocycles. The minimum atomic E-state index is -4.46. The molecule has 7 heteroatoms. The Kier molecular flexibility index (Phi) is 7.06. The normalized spacial score (nSPS) is 17.2. The zero-order chi connectivity index (χ0) is 23.5. The standard InChI is InChI=1S/C25H26F3NO3/c1-16(2)15-32-24(31)23-17(3)29(14-18-7-5-4-6-8-18)22(30)13-21(23)19-9-11-20(12-10-19)25(26,27)28/h4-12,16,21H,13-15H2,1-3H3/t21-/m1/s1. The fraction of sp³-hybridized carbons (Fsp3) is 0.360. The number of halogens is 3. The van der Waals surface area contributed by atoms with E-state index in [1.807, 2.05) is 44.2 Å². The van der Waals surface area contributed by atoms with Crippen LogP contribution in [0.4, 0.5) is 13.2 Å². The molecule has 0 N–H and O–H groups in total. The van der Waals surface area contributed by atoms with Crippen LogP contribution in [-0.2, 0) is 27.0 Å². The zero-order valence-corrected chi connectivity index (χ0v) is 18.3. The van der Waals surface area contributed by atoms with Crippen molar-refractivity contribution in [1.29, 1.82) is 0 Å². The minimum Gasteiger partial charge on any atom is -0.462 e. The molecule has 2 aromatic rings. The van der Waals surface area contributed by atoms with Gasteiger partial charge in [-0.15, -0.1) is 0 Å². The Bertz CT molecular complexity index is 995. The summed E-state index contributed by atoms with van der Waals surface area (Å²) in [6, 6.07) is 14.0. The highest BCUT2D eigenvalue weighted by atomic mass is 19.4. The van der Waals surface area contributed by atoms with Gasteiger partial charge in [0.15, 0.2) is 0 Å². The molecule has 1 heterocycles. The number of benzene rings is 2. The lowest BCUT2D eigenvalue weighted by molar-refractivity contribution is -0.141. The Labute approximate surface area is 185 Å². The molecule has 1 aliphatic rings. The summed E-state index contributed by atoms with van der Waals surface area (Å²) in [7, 11) is 0. The van der Waals surface area contributed by atoms with Crippen LogP contribution < -0.4 is 0 Å². The number of allylic oxidation sites excluding steroid dienone is 1. The van der Waals surface area contributed by atoms with Crippen molar-refractivity contribution in [2.45, 2.75) is 45.8 Å². The third kappa shape index (κ3) is 5.39. The maximum atomic E-state index is 13.0. The van der Waals surface area contributed by atoms with Crippen LogP contribution in [0.2, 0.25) is 0 Å². The van der Waals surface area contributed by atoms with Crippen molar-refractivity contribution in [3.8, 4) is 0 Å². The quantitative estimate of drug-likeness (QED) is 0.537.